The van der Waals surface area contributed by atoms with Crippen LogP contribution in [0.4, 0.5) is 0 Å². The van der Waals surface area contributed by atoms with E-state index in [0.717, 1.165) is 17.8 Å². The Morgan fingerprint density at radius 1 is 1.04 bits per heavy atom. The Balaban J connectivity index is 2.31. The number of benzene rings is 2. The van der Waals surface area contributed by atoms with Crippen molar-refractivity contribution in [1.82, 2.24) is 0 Å². The topological polar surface area (TPSA) is 78.9 Å². The van der Waals surface area contributed by atoms with Crippen LogP contribution < -0.4 is 8.92 Å². The monoisotopic (exact) mass is 448 g/mol. The molecule has 0 spiro atoms. The molecule has 2 aromatic carbocycles. The van der Waals surface area contributed by atoms with Crippen LogP contribution in [0, 0.1) is 0 Å². The van der Waals surface area contributed by atoms with Gasteiger partial charge in [0.2, 0.25) is 0 Å². The van der Waals surface area contributed by atoms with E-state index in [1.165, 1.54) is 43.8 Å². The van der Waals surface area contributed by atoms with Crippen LogP contribution in [-0.4, -0.2) is 28.4 Å². The molecule has 0 radical (unpaired) electrons. The Labute approximate surface area is 168 Å². The predicted octanol–water partition coefficient (Wildman–Crippen LogP) is 5.45. The molecule has 148 valence electrons. The summed E-state index contributed by atoms with van der Waals surface area (Å²) < 4.78 is 53.5. The highest BCUT2D eigenvalue weighted by atomic mass is 33.1. The van der Waals surface area contributed by atoms with Gasteiger partial charge < -0.3 is 13.4 Å². The summed E-state index contributed by atoms with van der Waals surface area (Å²) in [6, 6.07) is 12.6. The van der Waals surface area contributed by atoms with E-state index < -0.39 is 15.9 Å². The molecule has 0 N–H and O–H groups in total. The highest BCUT2D eigenvalue weighted by Gasteiger charge is 2.26. The van der Waals surface area contributed by atoms with Crippen LogP contribution in [0.1, 0.15) is 13.3 Å². The lowest BCUT2D eigenvalue weighted by Gasteiger charge is -2.16. The molecule has 0 aromatic heterocycles. The molecule has 1 unspecified atom stereocenters. The van der Waals surface area contributed by atoms with Crippen molar-refractivity contribution in [2.75, 3.05) is 20.0 Å². The number of methoxy groups -OCH3 is 1. The number of ether oxygens (including phenoxy) is 1. The maximum atomic E-state index is 12.8. The Bertz CT molecular complexity index is 902. The average Bonchev–Trinajstić information content (AvgIpc) is 2.67. The van der Waals surface area contributed by atoms with Crippen LogP contribution in [-0.2, 0) is 19.2 Å². The van der Waals surface area contributed by atoms with Crippen molar-refractivity contribution in [2.45, 2.75) is 23.1 Å². The van der Waals surface area contributed by atoms with Crippen molar-refractivity contribution < 1.29 is 26.4 Å². The third-order valence-corrected chi connectivity index (χ3v) is 11.9. The zero-order chi connectivity index (χ0) is 19.9. The number of rotatable bonds is 10. The van der Waals surface area contributed by atoms with E-state index in [1.54, 1.807) is 30.3 Å². The Morgan fingerprint density at radius 3 is 2.33 bits per heavy atom. The van der Waals surface area contributed by atoms with Crippen molar-refractivity contribution in [1.29, 1.82) is 0 Å². The summed E-state index contributed by atoms with van der Waals surface area (Å²) in [7, 11) is -1.20. The minimum absolute atomic E-state index is 0.0227. The van der Waals surface area contributed by atoms with E-state index in [0.29, 0.717) is 10.6 Å². The van der Waals surface area contributed by atoms with E-state index in [-0.39, 0.29) is 16.4 Å². The standard InChI is InChI=1S/C17H21O6PS3/c1-4-12-25-24(18,22-3)26-14-10-11-16(21-2)17(13-14)23-27(19,20)15-8-6-5-7-9-15/h5-11,13H,4,12H2,1-3H3. The first-order valence-corrected chi connectivity index (χ1v) is 14.1. The van der Waals surface area contributed by atoms with Gasteiger partial charge in [0, 0.05) is 17.8 Å². The summed E-state index contributed by atoms with van der Waals surface area (Å²) in [4.78, 5) is 0.592. The molecule has 27 heavy (non-hydrogen) atoms. The van der Waals surface area contributed by atoms with Crippen molar-refractivity contribution >= 4 is 38.7 Å². The molecule has 0 heterocycles. The van der Waals surface area contributed by atoms with Gasteiger partial charge in [-0.3, -0.25) is 4.57 Å². The van der Waals surface area contributed by atoms with Gasteiger partial charge in [-0.2, -0.15) is 8.42 Å². The fraction of sp³-hybridized carbons (Fsp3) is 0.294. The maximum Gasteiger partial charge on any atom is 0.339 e. The van der Waals surface area contributed by atoms with Crippen molar-refractivity contribution in [3.8, 4) is 11.5 Å². The maximum absolute atomic E-state index is 12.8. The van der Waals surface area contributed by atoms with E-state index in [2.05, 4.69) is 0 Å². The largest absolute Gasteiger partial charge is 0.493 e. The van der Waals surface area contributed by atoms with Gasteiger partial charge in [0.1, 0.15) is 4.90 Å². The van der Waals surface area contributed by atoms with Crippen LogP contribution in [0.25, 0.3) is 0 Å². The highest BCUT2D eigenvalue weighted by molar-refractivity contribution is 8.89. The second-order valence-corrected chi connectivity index (χ2v) is 14.2. The number of hydrogen-bond donors (Lipinski definition) is 0. The Morgan fingerprint density at radius 2 is 1.74 bits per heavy atom. The van der Waals surface area contributed by atoms with Gasteiger partial charge in [-0.25, -0.2) is 0 Å². The third kappa shape index (κ3) is 6.19. The van der Waals surface area contributed by atoms with E-state index in [9.17, 15) is 13.0 Å². The first kappa shape index (κ1) is 22.2. The first-order valence-electron chi connectivity index (χ1n) is 8.01. The fourth-order valence-electron chi connectivity index (χ4n) is 1.98. The summed E-state index contributed by atoms with van der Waals surface area (Å²) in [5.74, 6) is -2.03. The second kappa shape index (κ2) is 9.89. The minimum atomic E-state index is -4.02. The Hall–Kier alpha value is -1.12. The normalized spacial score (nSPS) is 13.7. The molecule has 0 aliphatic rings. The predicted molar refractivity (Wildman–Crippen MR) is 110 cm³/mol. The SMILES string of the molecule is CCCSP(=O)(OC)Sc1ccc(OC)c(OS(=O)(=O)c2ccccc2)c1. The summed E-state index contributed by atoms with van der Waals surface area (Å²) in [6.07, 6.45) is 0.866. The van der Waals surface area contributed by atoms with Gasteiger partial charge in [-0.1, -0.05) is 36.5 Å². The van der Waals surface area contributed by atoms with Crippen molar-refractivity contribution in [3.05, 3.63) is 48.5 Å². The van der Waals surface area contributed by atoms with Crippen LogP contribution in [0.5, 0.6) is 11.5 Å². The molecule has 0 fully saturated rings. The lowest BCUT2D eigenvalue weighted by Crippen LogP contribution is -2.10. The van der Waals surface area contributed by atoms with E-state index in [1.807, 2.05) is 6.92 Å². The molecule has 1 atom stereocenters. The average molecular weight is 449 g/mol. The number of hydrogen-bond acceptors (Lipinski definition) is 8. The van der Waals surface area contributed by atoms with Gasteiger partial charge in [-0.05, 0) is 48.1 Å². The lowest BCUT2D eigenvalue weighted by atomic mass is 10.3. The molecule has 0 aliphatic heterocycles. The van der Waals surface area contributed by atoms with Crippen molar-refractivity contribution in [3.63, 3.8) is 0 Å². The molecule has 0 saturated heterocycles. The summed E-state index contributed by atoms with van der Waals surface area (Å²) in [5.41, 5.74) is 0. The van der Waals surface area contributed by atoms with Gasteiger partial charge in [0.25, 0.3) is 0 Å². The van der Waals surface area contributed by atoms with Gasteiger partial charge in [0.15, 0.2) is 11.5 Å². The lowest BCUT2D eigenvalue weighted by molar-refractivity contribution is 0.390. The molecule has 0 bridgehead atoms. The second-order valence-electron chi connectivity index (χ2n) is 5.22. The highest BCUT2D eigenvalue weighted by Crippen LogP contribution is 2.71. The van der Waals surface area contributed by atoms with Gasteiger partial charge in [-0.15, -0.1) is 0 Å². The summed E-state index contributed by atoms with van der Waals surface area (Å²) >= 11 is 2.30. The molecule has 10 heteroatoms. The van der Waals surface area contributed by atoms with Crippen LogP contribution in [0.3, 0.4) is 0 Å². The molecular weight excluding hydrogens is 427 g/mol. The van der Waals surface area contributed by atoms with E-state index in [4.69, 9.17) is 13.4 Å². The molecular formula is C17H21O6PS3. The van der Waals surface area contributed by atoms with Crippen LogP contribution in [0.15, 0.2) is 58.3 Å². The molecule has 6 nitrogen and oxygen atoms in total. The first-order chi connectivity index (χ1) is 12.8. The van der Waals surface area contributed by atoms with E-state index >= 15 is 0 Å². The minimum Gasteiger partial charge on any atom is -0.493 e. The quantitative estimate of drug-likeness (QED) is 0.351. The van der Waals surface area contributed by atoms with Crippen molar-refractivity contribution in [2.24, 2.45) is 0 Å². The summed E-state index contributed by atoms with van der Waals surface area (Å²) in [6.45, 7) is 1.99. The van der Waals surface area contributed by atoms with Gasteiger partial charge in [0.05, 0.1) is 7.11 Å². The molecule has 2 rings (SSSR count). The molecule has 0 amide bonds. The van der Waals surface area contributed by atoms with Gasteiger partial charge >= 0.3 is 15.9 Å². The smallest absolute Gasteiger partial charge is 0.339 e. The molecule has 0 aliphatic carbocycles. The van der Waals surface area contributed by atoms with Crippen LogP contribution in [0.2, 0.25) is 0 Å². The molecule has 0 saturated carbocycles. The third-order valence-electron chi connectivity index (χ3n) is 3.26. The Kier molecular flexibility index (Phi) is 8.12. The fourth-order valence-corrected chi connectivity index (χ4v) is 9.07. The zero-order valence-electron chi connectivity index (χ0n) is 15.2. The zero-order valence-corrected chi connectivity index (χ0v) is 18.5. The summed E-state index contributed by atoms with van der Waals surface area (Å²) in [5, 5.41) is 0. The van der Waals surface area contributed by atoms with Crippen LogP contribution >= 0.6 is 28.5 Å². The molecule has 2 aromatic rings.